The number of rotatable bonds is 9. The molecule has 3 aliphatic rings. The Morgan fingerprint density at radius 1 is 1.02 bits per heavy atom. The number of halogens is 3. The summed E-state index contributed by atoms with van der Waals surface area (Å²) in [7, 11) is 0. The van der Waals surface area contributed by atoms with Gasteiger partial charge in [-0.1, -0.05) is 13.8 Å². The molecule has 0 unspecified atom stereocenters. The molecule has 2 N–H and O–H groups in total. The average Bonchev–Trinajstić information content (AvgIpc) is 3.73. The van der Waals surface area contributed by atoms with E-state index >= 15 is 4.39 Å². The third kappa shape index (κ3) is 7.99. The smallest absolute Gasteiger partial charge is 0.317 e. The largest absolute Gasteiger partial charge is 0.465 e. The zero-order valence-corrected chi connectivity index (χ0v) is 25.2. The second-order valence-corrected chi connectivity index (χ2v) is 11.4. The Morgan fingerprint density at radius 3 is 2.33 bits per heavy atom. The van der Waals surface area contributed by atoms with Crippen molar-refractivity contribution in [2.24, 2.45) is 5.41 Å². The molecule has 2 aromatic rings. The molecule has 13 heteroatoms. The molecule has 0 atom stereocenters. The summed E-state index contributed by atoms with van der Waals surface area (Å²) in [5.74, 6) is -4.08. The van der Waals surface area contributed by atoms with Crippen LogP contribution in [0.15, 0.2) is 24.4 Å². The summed E-state index contributed by atoms with van der Waals surface area (Å²) in [6, 6.07) is 4.53. The van der Waals surface area contributed by atoms with Gasteiger partial charge in [-0.15, -0.1) is 0 Å². The molecule has 2 saturated heterocycles. The van der Waals surface area contributed by atoms with E-state index in [-0.39, 0.29) is 55.8 Å². The van der Waals surface area contributed by atoms with Crippen LogP contribution < -0.4 is 19.8 Å². The standard InChI is InChI=1S/C27H33F3N6O3S.C2H6/c1-2-39-22(37)17-40-34-18-15-19(28)23(20(16-18)35-11-6-26(4-5-26)7-12-35)24(38)33-25-31-10-3-21(32-25)36-13-8-27(29,30)9-14-36;1-2/h3,10,15-16,34H,2,4-9,11-14,17H2,1H3,(H,31,32,33,38);1-2H3. The Kier molecular flexibility index (Phi) is 10.4. The normalized spacial score (nSPS) is 18.5. The number of benzene rings is 1. The second-order valence-electron chi connectivity index (χ2n) is 10.6. The number of hydrogen-bond acceptors (Lipinski definition) is 9. The molecule has 42 heavy (non-hydrogen) atoms. The lowest BCUT2D eigenvalue weighted by Crippen LogP contribution is -2.39. The van der Waals surface area contributed by atoms with Crippen molar-refractivity contribution in [1.82, 2.24) is 9.97 Å². The van der Waals surface area contributed by atoms with E-state index in [0.29, 0.717) is 35.7 Å². The van der Waals surface area contributed by atoms with Crippen molar-refractivity contribution in [2.45, 2.75) is 65.2 Å². The van der Waals surface area contributed by atoms with Gasteiger partial charge in [0.15, 0.2) is 0 Å². The van der Waals surface area contributed by atoms with Gasteiger partial charge in [-0.05, 0) is 68.2 Å². The Morgan fingerprint density at radius 2 is 1.69 bits per heavy atom. The first kappa shape index (κ1) is 31.7. The minimum Gasteiger partial charge on any atom is -0.465 e. The van der Waals surface area contributed by atoms with Crippen LogP contribution in [0.2, 0.25) is 0 Å². The van der Waals surface area contributed by atoms with E-state index in [4.69, 9.17) is 4.74 Å². The number of nitrogens with zero attached hydrogens (tertiary/aromatic N) is 4. The van der Waals surface area contributed by atoms with E-state index in [1.54, 1.807) is 24.0 Å². The molecule has 9 nitrogen and oxygen atoms in total. The predicted octanol–water partition coefficient (Wildman–Crippen LogP) is 6.13. The molecule has 1 spiro atoms. The zero-order valence-electron chi connectivity index (χ0n) is 24.4. The molecule has 1 aliphatic carbocycles. The fraction of sp³-hybridized carbons (Fsp3) is 0.586. The number of nitrogens with one attached hydrogen (secondary N) is 2. The molecule has 2 aliphatic heterocycles. The minimum atomic E-state index is -2.69. The molecule has 1 amide bonds. The van der Waals surface area contributed by atoms with Crippen LogP contribution in [0.3, 0.4) is 0 Å². The highest BCUT2D eigenvalue weighted by atomic mass is 32.2. The van der Waals surface area contributed by atoms with Gasteiger partial charge in [0.2, 0.25) is 5.95 Å². The van der Waals surface area contributed by atoms with Gasteiger partial charge in [-0.25, -0.2) is 18.2 Å². The average molecular weight is 609 g/mol. The Labute approximate surface area is 249 Å². The number of anilines is 4. The number of aromatic nitrogens is 2. The van der Waals surface area contributed by atoms with E-state index in [2.05, 4.69) is 20.0 Å². The van der Waals surface area contributed by atoms with Crippen LogP contribution in [0.1, 0.15) is 69.7 Å². The number of amides is 1. The molecule has 230 valence electrons. The number of alkyl halides is 2. The van der Waals surface area contributed by atoms with Crippen molar-refractivity contribution in [3.05, 3.63) is 35.8 Å². The van der Waals surface area contributed by atoms with Crippen molar-refractivity contribution >= 4 is 47.0 Å². The summed E-state index contributed by atoms with van der Waals surface area (Å²) in [5.41, 5.74) is 1.13. The first-order chi connectivity index (χ1) is 20.2. The van der Waals surface area contributed by atoms with Gasteiger partial charge in [0.25, 0.3) is 11.8 Å². The summed E-state index contributed by atoms with van der Waals surface area (Å²) in [4.78, 5) is 37.3. The lowest BCUT2D eigenvalue weighted by atomic mass is 9.93. The van der Waals surface area contributed by atoms with Crippen LogP contribution in [0.25, 0.3) is 0 Å². The number of ether oxygens (including phenoxy) is 1. The van der Waals surface area contributed by atoms with Crippen LogP contribution in [0.5, 0.6) is 0 Å². The SMILES string of the molecule is CC.CCOC(=O)CSNc1cc(F)c(C(=O)Nc2nccc(N3CCC(F)(F)CC3)n2)c(N2CCC3(CC2)CC3)c1. The molecule has 3 heterocycles. The van der Waals surface area contributed by atoms with E-state index in [0.717, 1.165) is 24.8 Å². The maximum Gasteiger partial charge on any atom is 0.317 e. The lowest BCUT2D eigenvalue weighted by molar-refractivity contribution is -0.139. The van der Waals surface area contributed by atoms with E-state index in [9.17, 15) is 18.4 Å². The molecule has 0 radical (unpaired) electrons. The van der Waals surface area contributed by atoms with Crippen LogP contribution in [-0.4, -0.2) is 66.3 Å². The van der Waals surface area contributed by atoms with E-state index in [1.165, 1.54) is 25.1 Å². The molecule has 5 rings (SSSR count). The first-order valence-electron chi connectivity index (χ1n) is 14.6. The topological polar surface area (TPSA) is 99.7 Å². The van der Waals surface area contributed by atoms with Gasteiger partial charge < -0.3 is 19.3 Å². The highest BCUT2D eigenvalue weighted by molar-refractivity contribution is 8.01. The van der Waals surface area contributed by atoms with Crippen LogP contribution >= 0.6 is 11.9 Å². The Bertz CT molecular complexity index is 1240. The first-order valence-corrected chi connectivity index (χ1v) is 15.5. The second kappa shape index (κ2) is 13.8. The summed E-state index contributed by atoms with van der Waals surface area (Å²) in [6.45, 7) is 7.67. The van der Waals surface area contributed by atoms with Crippen molar-refractivity contribution in [1.29, 1.82) is 0 Å². The van der Waals surface area contributed by atoms with Gasteiger partial charge >= 0.3 is 5.97 Å². The van der Waals surface area contributed by atoms with Crippen LogP contribution in [0.4, 0.5) is 36.3 Å². The third-order valence-electron chi connectivity index (χ3n) is 7.79. The van der Waals surface area contributed by atoms with Crippen molar-refractivity contribution in [3.63, 3.8) is 0 Å². The van der Waals surface area contributed by atoms with Crippen LogP contribution in [-0.2, 0) is 9.53 Å². The van der Waals surface area contributed by atoms with Crippen LogP contribution in [0, 0.1) is 11.2 Å². The molecule has 1 aromatic heterocycles. The zero-order chi connectivity index (χ0) is 30.3. The molecule has 3 fully saturated rings. The highest BCUT2D eigenvalue weighted by Gasteiger charge is 2.45. The summed E-state index contributed by atoms with van der Waals surface area (Å²) in [6.07, 6.45) is 5.26. The van der Waals surface area contributed by atoms with E-state index in [1.807, 2.05) is 18.7 Å². The summed E-state index contributed by atoms with van der Waals surface area (Å²) in [5, 5.41) is 2.61. The maximum atomic E-state index is 15.6. The van der Waals surface area contributed by atoms with Crippen molar-refractivity contribution in [2.75, 3.05) is 58.4 Å². The Hall–Kier alpha value is -3.22. The van der Waals surface area contributed by atoms with Gasteiger partial charge in [-0.2, -0.15) is 4.98 Å². The fourth-order valence-corrected chi connectivity index (χ4v) is 5.78. The minimum absolute atomic E-state index is 0.0343. The third-order valence-corrected chi connectivity index (χ3v) is 8.55. The Balaban J connectivity index is 0.00000198. The monoisotopic (exact) mass is 608 g/mol. The number of carbonyl (C=O) groups excluding carboxylic acids is 2. The molecule has 1 saturated carbocycles. The molecular weight excluding hydrogens is 569 g/mol. The number of esters is 1. The highest BCUT2D eigenvalue weighted by Crippen LogP contribution is 2.54. The molecule has 0 bridgehead atoms. The van der Waals surface area contributed by atoms with Crippen molar-refractivity contribution in [3.8, 4) is 0 Å². The quantitative estimate of drug-likeness (QED) is 0.257. The van der Waals surface area contributed by atoms with Gasteiger partial charge in [0.1, 0.15) is 17.4 Å². The summed E-state index contributed by atoms with van der Waals surface area (Å²) < 4.78 is 50.7. The lowest BCUT2D eigenvalue weighted by Gasteiger charge is -2.35. The molecular formula is C29H39F3N6O3S. The predicted molar refractivity (Wildman–Crippen MR) is 160 cm³/mol. The van der Waals surface area contributed by atoms with Crippen molar-refractivity contribution < 1.29 is 27.5 Å². The maximum absolute atomic E-state index is 15.6. The van der Waals surface area contributed by atoms with Gasteiger partial charge in [0.05, 0.1) is 17.9 Å². The van der Waals surface area contributed by atoms with Gasteiger partial charge in [-0.3, -0.25) is 14.9 Å². The fourth-order valence-electron chi connectivity index (χ4n) is 5.22. The number of hydrogen-bond donors (Lipinski definition) is 2. The van der Waals surface area contributed by atoms with E-state index < -0.39 is 17.6 Å². The number of carbonyl (C=O) groups is 2. The summed E-state index contributed by atoms with van der Waals surface area (Å²) >= 11 is 1.08. The van der Waals surface area contributed by atoms with Gasteiger partial charge in [0, 0.05) is 50.9 Å². The number of piperidine rings is 2. The molecule has 1 aromatic carbocycles.